The molecule has 6 nitrogen and oxygen atoms in total. The molecule has 0 aliphatic heterocycles. The minimum Gasteiger partial charge on any atom is -0.309 e. The molecule has 0 N–H and O–H groups in total. The summed E-state index contributed by atoms with van der Waals surface area (Å²) in [6, 6.07) is 60.2. The van der Waals surface area contributed by atoms with Crippen LogP contribution in [0.25, 0.3) is 89.2 Å². The van der Waals surface area contributed by atoms with Gasteiger partial charge in [-0.2, -0.15) is 5.26 Å². The lowest BCUT2D eigenvalue weighted by atomic mass is 10.1. The molecule has 3 aromatic heterocycles. The molecule has 0 unspecified atom stereocenters. The number of hydrogen-bond donors (Lipinski definition) is 0. The zero-order valence-corrected chi connectivity index (χ0v) is 27.8. The molecule has 0 aliphatic carbocycles. The van der Waals surface area contributed by atoms with Crippen molar-refractivity contribution in [3.05, 3.63) is 175 Å². The highest BCUT2D eigenvalue weighted by Gasteiger charge is 2.23. The average molecular weight is 665 g/mol. The molecule has 242 valence electrons. The largest absolute Gasteiger partial charge is 0.309 e. The third-order valence-corrected chi connectivity index (χ3v) is 9.79. The van der Waals surface area contributed by atoms with Crippen LogP contribution in [0.4, 0.5) is 0 Å². The Hall–Kier alpha value is -7.36. The number of hydrogen-bond acceptors (Lipinski definition) is 4. The van der Waals surface area contributed by atoms with Gasteiger partial charge in [0, 0.05) is 43.9 Å². The molecule has 3 heterocycles. The highest BCUT2D eigenvalue weighted by atomic mass is 15.1. The monoisotopic (exact) mass is 664 g/mol. The lowest BCUT2D eigenvalue weighted by molar-refractivity contribution is 1.06. The van der Waals surface area contributed by atoms with Crippen molar-refractivity contribution in [1.29, 1.82) is 5.26 Å². The molecule has 10 aromatic rings. The molecule has 0 atom stereocenters. The Bertz CT molecular complexity index is 2950. The molecule has 0 saturated heterocycles. The molecule has 52 heavy (non-hydrogen) atoms. The van der Waals surface area contributed by atoms with Crippen molar-refractivity contribution in [3.63, 3.8) is 0 Å². The van der Waals surface area contributed by atoms with Gasteiger partial charge < -0.3 is 9.13 Å². The Morgan fingerprint density at radius 1 is 0.442 bits per heavy atom. The number of para-hydroxylation sites is 3. The van der Waals surface area contributed by atoms with Gasteiger partial charge in [-0.15, -0.1) is 0 Å². The lowest BCUT2D eigenvalue weighted by Crippen LogP contribution is -2.03. The van der Waals surface area contributed by atoms with Crippen LogP contribution < -0.4 is 0 Å². The van der Waals surface area contributed by atoms with E-state index in [0.717, 1.165) is 71.7 Å². The van der Waals surface area contributed by atoms with Crippen LogP contribution in [0.5, 0.6) is 0 Å². The molecular formula is C46H28N6. The Morgan fingerprint density at radius 2 is 1.04 bits per heavy atom. The quantitative estimate of drug-likeness (QED) is 0.184. The smallest absolute Gasteiger partial charge is 0.166 e. The van der Waals surface area contributed by atoms with E-state index in [1.54, 1.807) is 0 Å². The fourth-order valence-corrected chi connectivity index (χ4v) is 7.52. The second-order valence-electron chi connectivity index (χ2n) is 12.8. The summed E-state index contributed by atoms with van der Waals surface area (Å²) in [7, 11) is 0. The van der Waals surface area contributed by atoms with Gasteiger partial charge in [-0.1, -0.05) is 121 Å². The minimum absolute atomic E-state index is 0.564. The SMILES string of the molecule is N#Cc1ccc2c3ccc4c(c5ccccc5n4-c4ccccc4)c3n(-c3ccccc3-c3nc(-c4ccccc4)nc(-c4ccccc4)n3)c2c1. The van der Waals surface area contributed by atoms with Gasteiger partial charge >= 0.3 is 0 Å². The molecule has 0 saturated carbocycles. The first-order chi connectivity index (χ1) is 25.8. The summed E-state index contributed by atoms with van der Waals surface area (Å²) < 4.78 is 4.64. The van der Waals surface area contributed by atoms with Crippen LogP contribution in [-0.2, 0) is 0 Å². The molecular weight excluding hydrogens is 637 g/mol. The fourth-order valence-electron chi connectivity index (χ4n) is 7.52. The van der Waals surface area contributed by atoms with Gasteiger partial charge in [0.1, 0.15) is 0 Å². The third kappa shape index (κ3) is 4.61. The summed E-state index contributed by atoms with van der Waals surface area (Å²) in [6.45, 7) is 0. The second kappa shape index (κ2) is 11.9. The Labute approximate surface area is 299 Å². The molecule has 0 bridgehead atoms. The number of benzene rings is 7. The summed E-state index contributed by atoms with van der Waals surface area (Å²) in [4.78, 5) is 15.2. The number of fused-ring (bicyclic) bond motifs is 7. The van der Waals surface area contributed by atoms with Crippen LogP contribution in [0.3, 0.4) is 0 Å². The van der Waals surface area contributed by atoms with Gasteiger partial charge in [0.15, 0.2) is 17.5 Å². The predicted molar refractivity (Wildman–Crippen MR) is 210 cm³/mol. The molecule has 10 rings (SSSR count). The van der Waals surface area contributed by atoms with Gasteiger partial charge in [0.2, 0.25) is 0 Å². The van der Waals surface area contributed by atoms with Crippen molar-refractivity contribution in [2.24, 2.45) is 0 Å². The molecule has 0 fully saturated rings. The van der Waals surface area contributed by atoms with E-state index in [1.165, 1.54) is 0 Å². The standard InChI is InChI=1S/C46H28N6/c47-29-30-24-25-34-35-26-27-40-42(36-20-10-12-22-38(36)51(40)33-18-8-3-9-19-33)43(35)52(41(34)28-30)39-23-13-11-21-37(39)46-49-44(31-14-4-1-5-15-31)48-45(50-46)32-16-6-2-7-17-32/h1-28H. The van der Waals surface area contributed by atoms with Crippen LogP contribution in [0.1, 0.15) is 5.56 Å². The van der Waals surface area contributed by atoms with Crippen LogP contribution in [0.15, 0.2) is 170 Å². The third-order valence-electron chi connectivity index (χ3n) is 9.79. The first-order valence-corrected chi connectivity index (χ1v) is 17.2. The summed E-state index contributed by atoms with van der Waals surface area (Å²) >= 11 is 0. The number of nitrogens with zero attached hydrogens (tertiary/aromatic N) is 6. The highest BCUT2D eigenvalue weighted by molar-refractivity contribution is 6.26. The Kier molecular flexibility index (Phi) is 6.76. The van der Waals surface area contributed by atoms with Gasteiger partial charge in [-0.3, -0.25) is 0 Å². The summed E-state index contributed by atoms with van der Waals surface area (Å²) in [5.74, 6) is 1.76. The zero-order valence-electron chi connectivity index (χ0n) is 27.8. The molecule has 6 heteroatoms. The maximum Gasteiger partial charge on any atom is 0.166 e. The van der Waals surface area contributed by atoms with Gasteiger partial charge in [0.05, 0.1) is 39.4 Å². The predicted octanol–water partition coefficient (Wildman–Crippen LogP) is 10.9. The summed E-state index contributed by atoms with van der Waals surface area (Å²) in [5, 5.41) is 14.5. The van der Waals surface area contributed by atoms with E-state index in [0.29, 0.717) is 23.0 Å². The first-order valence-electron chi connectivity index (χ1n) is 17.2. The normalized spacial score (nSPS) is 11.4. The summed E-state index contributed by atoms with van der Waals surface area (Å²) in [6.07, 6.45) is 0. The van der Waals surface area contributed by atoms with Crippen molar-refractivity contribution in [2.75, 3.05) is 0 Å². The summed E-state index contributed by atoms with van der Waals surface area (Å²) in [5.41, 5.74) is 9.47. The van der Waals surface area contributed by atoms with Crippen LogP contribution in [-0.4, -0.2) is 24.1 Å². The van der Waals surface area contributed by atoms with E-state index in [-0.39, 0.29) is 0 Å². The second-order valence-corrected chi connectivity index (χ2v) is 12.8. The van der Waals surface area contributed by atoms with Crippen molar-refractivity contribution in [1.82, 2.24) is 24.1 Å². The van der Waals surface area contributed by atoms with Crippen LogP contribution in [0, 0.1) is 11.3 Å². The van der Waals surface area contributed by atoms with Crippen molar-refractivity contribution >= 4 is 43.6 Å². The lowest BCUT2D eigenvalue weighted by Gasteiger charge is -2.15. The Balaban J connectivity index is 1.34. The molecule has 7 aromatic carbocycles. The van der Waals surface area contributed by atoms with E-state index in [2.05, 4.69) is 100 Å². The van der Waals surface area contributed by atoms with E-state index in [4.69, 9.17) is 15.0 Å². The first kappa shape index (κ1) is 29.5. The fraction of sp³-hybridized carbons (Fsp3) is 0. The minimum atomic E-state index is 0.564. The molecule has 0 aliphatic rings. The van der Waals surface area contributed by atoms with Crippen molar-refractivity contribution in [3.8, 4) is 51.6 Å². The maximum atomic E-state index is 10.1. The number of aromatic nitrogens is 5. The average Bonchev–Trinajstić information content (AvgIpc) is 3.74. The molecule has 0 radical (unpaired) electrons. The van der Waals surface area contributed by atoms with Crippen LogP contribution >= 0.6 is 0 Å². The number of rotatable bonds is 5. The van der Waals surface area contributed by atoms with E-state index in [1.807, 2.05) is 84.9 Å². The van der Waals surface area contributed by atoms with Crippen molar-refractivity contribution < 1.29 is 0 Å². The van der Waals surface area contributed by atoms with Gasteiger partial charge in [-0.25, -0.2) is 15.0 Å². The molecule has 0 spiro atoms. The van der Waals surface area contributed by atoms with Crippen molar-refractivity contribution in [2.45, 2.75) is 0 Å². The molecule has 0 amide bonds. The van der Waals surface area contributed by atoms with Gasteiger partial charge in [-0.05, 0) is 48.5 Å². The Morgan fingerprint density at radius 3 is 1.75 bits per heavy atom. The topological polar surface area (TPSA) is 72.3 Å². The number of nitriles is 1. The zero-order chi connectivity index (χ0) is 34.6. The van der Waals surface area contributed by atoms with Crippen LogP contribution in [0.2, 0.25) is 0 Å². The van der Waals surface area contributed by atoms with Gasteiger partial charge in [0.25, 0.3) is 0 Å². The van der Waals surface area contributed by atoms with E-state index >= 15 is 0 Å². The highest BCUT2D eigenvalue weighted by Crippen LogP contribution is 2.43. The van der Waals surface area contributed by atoms with E-state index in [9.17, 15) is 5.26 Å². The van der Waals surface area contributed by atoms with E-state index < -0.39 is 0 Å². The maximum absolute atomic E-state index is 10.1.